The van der Waals surface area contributed by atoms with Crippen molar-refractivity contribution in [3.63, 3.8) is 0 Å². The molecule has 84 valence electrons. The van der Waals surface area contributed by atoms with E-state index in [9.17, 15) is 9.50 Å². The van der Waals surface area contributed by atoms with E-state index in [0.29, 0.717) is 0 Å². The zero-order valence-corrected chi connectivity index (χ0v) is 9.67. The number of aromatic nitrogens is 1. The summed E-state index contributed by atoms with van der Waals surface area (Å²) in [7, 11) is 0. The molecule has 0 saturated heterocycles. The lowest BCUT2D eigenvalue weighted by Gasteiger charge is -2.09. The Balaban J connectivity index is 2.31. The van der Waals surface area contributed by atoms with Crippen molar-refractivity contribution >= 4 is 11.3 Å². The van der Waals surface area contributed by atoms with Gasteiger partial charge >= 0.3 is 0 Å². The number of thiophene rings is 1. The minimum Gasteiger partial charge on any atom is -0.383 e. The minimum atomic E-state index is -0.895. The van der Waals surface area contributed by atoms with Gasteiger partial charge in [0.2, 0.25) is 0 Å². The quantitative estimate of drug-likeness (QED) is 0.890. The van der Waals surface area contributed by atoms with Crippen molar-refractivity contribution in [1.29, 1.82) is 0 Å². The molecule has 0 bridgehead atoms. The predicted octanol–water partition coefficient (Wildman–Crippen LogP) is 2.93. The molecule has 0 aliphatic carbocycles. The van der Waals surface area contributed by atoms with E-state index in [4.69, 9.17) is 0 Å². The third kappa shape index (κ3) is 2.13. The van der Waals surface area contributed by atoms with Gasteiger partial charge in [0, 0.05) is 21.5 Å². The fourth-order valence-corrected chi connectivity index (χ4v) is 2.45. The molecule has 1 N–H and O–H groups in total. The van der Waals surface area contributed by atoms with Crippen LogP contribution in [0, 0.1) is 5.82 Å². The average Bonchev–Trinajstić information content (AvgIpc) is 2.77. The molecule has 0 aromatic carbocycles. The Hall–Kier alpha value is -1.26. The van der Waals surface area contributed by atoms with Crippen LogP contribution >= 0.6 is 11.3 Å². The van der Waals surface area contributed by atoms with E-state index in [0.717, 1.165) is 17.5 Å². The van der Waals surface area contributed by atoms with E-state index >= 15 is 0 Å². The van der Waals surface area contributed by atoms with E-state index in [1.54, 1.807) is 0 Å². The lowest BCUT2D eigenvalue weighted by atomic mass is 10.1. The molecule has 0 spiro atoms. The Kier molecular flexibility index (Phi) is 3.31. The Morgan fingerprint density at radius 1 is 1.44 bits per heavy atom. The summed E-state index contributed by atoms with van der Waals surface area (Å²) < 4.78 is 13.4. The van der Waals surface area contributed by atoms with Crippen LogP contribution in [0.3, 0.4) is 0 Å². The molecule has 2 rings (SSSR count). The summed E-state index contributed by atoms with van der Waals surface area (Å²) in [5.74, 6) is -0.471. The van der Waals surface area contributed by atoms with Crippen molar-refractivity contribution in [2.45, 2.75) is 19.4 Å². The van der Waals surface area contributed by atoms with Crippen LogP contribution in [0.15, 0.2) is 30.6 Å². The highest BCUT2D eigenvalue weighted by atomic mass is 32.1. The summed E-state index contributed by atoms with van der Waals surface area (Å²) in [6, 6.07) is 5.31. The third-order valence-electron chi connectivity index (χ3n) is 2.40. The first-order chi connectivity index (χ1) is 7.72. The normalized spacial score (nSPS) is 12.7. The van der Waals surface area contributed by atoms with Gasteiger partial charge in [-0.3, -0.25) is 4.98 Å². The molecule has 2 aromatic heterocycles. The zero-order valence-electron chi connectivity index (χ0n) is 8.85. The minimum absolute atomic E-state index is 0.277. The summed E-state index contributed by atoms with van der Waals surface area (Å²) in [6.07, 6.45) is 2.63. The van der Waals surface area contributed by atoms with Crippen molar-refractivity contribution in [3.05, 3.63) is 51.7 Å². The first-order valence-electron chi connectivity index (χ1n) is 5.08. The topological polar surface area (TPSA) is 33.1 Å². The molecule has 0 fully saturated rings. The van der Waals surface area contributed by atoms with Crippen molar-refractivity contribution in [2.75, 3.05) is 0 Å². The number of nitrogens with zero attached hydrogens (tertiary/aromatic N) is 1. The van der Waals surface area contributed by atoms with Gasteiger partial charge in [0.05, 0.1) is 6.20 Å². The first-order valence-corrected chi connectivity index (χ1v) is 5.90. The van der Waals surface area contributed by atoms with Crippen molar-refractivity contribution < 1.29 is 9.50 Å². The van der Waals surface area contributed by atoms with Crippen LogP contribution < -0.4 is 0 Å². The van der Waals surface area contributed by atoms with E-state index < -0.39 is 11.9 Å². The second kappa shape index (κ2) is 4.72. The Morgan fingerprint density at radius 3 is 2.88 bits per heavy atom. The Labute approximate surface area is 97.4 Å². The number of hydrogen-bond acceptors (Lipinski definition) is 3. The van der Waals surface area contributed by atoms with Gasteiger partial charge < -0.3 is 5.11 Å². The highest BCUT2D eigenvalue weighted by Crippen LogP contribution is 2.29. The molecular formula is C12H12FNOS. The van der Waals surface area contributed by atoms with Crippen LogP contribution in [0.4, 0.5) is 4.39 Å². The monoisotopic (exact) mass is 237 g/mol. The number of hydrogen-bond donors (Lipinski definition) is 1. The highest BCUT2D eigenvalue weighted by molar-refractivity contribution is 7.12. The molecule has 2 heterocycles. The van der Waals surface area contributed by atoms with E-state index in [2.05, 4.69) is 11.9 Å². The van der Waals surface area contributed by atoms with Crippen LogP contribution in [-0.2, 0) is 6.42 Å². The second-order valence-corrected chi connectivity index (χ2v) is 4.66. The molecule has 1 unspecified atom stereocenters. The molecule has 2 nitrogen and oxygen atoms in total. The van der Waals surface area contributed by atoms with Crippen molar-refractivity contribution in [2.24, 2.45) is 0 Å². The van der Waals surface area contributed by atoms with Gasteiger partial charge in [0.25, 0.3) is 0 Å². The molecule has 0 aliphatic heterocycles. The molecule has 16 heavy (non-hydrogen) atoms. The predicted molar refractivity (Wildman–Crippen MR) is 62.0 cm³/mol. The Morgan fingerprint density at radius 2 is 2.25 bits per heavy atom. The van der Waals surface area contributed by atoms with Crippen molar-refractivity contribution in [3.8, 4) is 0 Å². The zero-order chi connectivity index (χ0) is 11.5. The van der Waals surface area contributed by atoms with Crippen molar-refractivity contribution in [1.82, 2.24) is 4.98 Å². The summed E-state index contributed by atoms with van der Waals surface area (Å²) in [4.78, 5) is 5.61. The second-order valence-electron chi connectivity index (χ2n) is 3.46. The van der Waals surface area contributed by atoms with E-state index in [1.165, 1.54) is 28.5 Å². The maximum atomic E-state index is 13.4. The first kappa shape index (κ1) is 11.2. The van der Waals surface area contributed by atoms with Gasteiger partial charge in [-0.15, -0.1) is 11.3 Å². The number of aryl methyl sites for hydroxylation is 1. The van der Waals surface area contributed by atoms with Crippen LogP contribution in [0.5, 0.6) is 0 Å². The number of rotatable bonds is 3. The van der Waals surface area contributed by atoms with Gasteiger partial charge in [-0.05, 0) is 24.6 Å². The molecule has 4 heteroatoms. The molecular weight excluding hydrogens is 225 g/mol. The average molecular weight is 237 g/mol. The van der Waals surface area contributed by atoms with Gasteiger partial charge in [-0.25, -0.2) is 4.39 Å². The van der Waals surface area contributed by atoms with Gasteiger partial charge in [0.15, 0.2) is 0 Å². The summed E-state index contributed by atoms with van der Waals surface area (Å²) >= 11 is 1.51. The Bertz CT molecular complexity index is 483. The molecule has 0 amide bonds. The van der Waals surface area contributed by atoms with Gasteiger partial charge in [-0.1, -0.05) is 6.92 Å². The summed E-state index contributed by atoms with van der Waals surface area (Å²) in [6.45, 7) is 2.05. The van der Waals surface area contributed by atoms with Gasteiger partial charge in [0.1, 0.15) is 11.9 Å². The highest BCUT2D eigenvalue weighted by Gasteiger charge is 2.16. The SMILES string of the molecule is CCc1ccc(C(O)c2ccncc2F)s1. The molecule has 0 saturated carbocycles. The number of halogens is 1. The maximum absolute atomic E-state index is 13.4. The largest absolute Gasteiger partial charge is 0.383 e. The fraction of sp³-hybridized carbons (Fsp3) is 0.250. The smallest absolute Gasteiger partial charge is 0.147 e. The van der Waals surface area contributed by atoms with Crippen LogP contribution in [0.1, 0.15) is 28.3 Å². The van der Waals surface area contributed by atoms with Crippen LogP contribution in [-0.4, -0.2) is 10.1 Å². The molecule has 0 aliphatic rings. The maximum Gasteiger partial charge on any atom is 0.147 e. The number of aliphatic hydroxyl groups excluding tert-OH is 1. The number of pyridine rings is 1. The van der Waals surface area contributed by atoms with E-state index in [1.807, 2.05) is 12.1 Å². The van der Waals surface area contributed by atoms with Crippen LogP contribution in [0.2, 0.25) is 0 Å². The molecule has 0 radical (unpaired) electrons. The fourth-order valence-electron chi connectivity index (χ4n) is 1.49. The third-order valence-corrected chi connectivity index (χ3v) is 3.68. The summed E-state index contributed by atoms with van der Waals surface area (Å²) in [5.41, 5.74) is 0.277. The number of aliphatic hydroxyl groups is 1. The van der Waals surface area contributed by atoms with Gasteiger partial charge in [-0.2, -0.15) is 0 Å². The molecule has 1 atom stereocenters. The standard InChI is InChI=1S/C12H12FNOS/c1-2-8-3-4-11(16-8)12(15)9-5-6-14-7-10(9)13/h3-7,12,15H,2H2,1H3. The van der Waals surface area contributed by atoms with E-state index in [-0.39, 0.29) is 5.56 Å². The summed E-state index contributed by atoms with van der Waals surface area (Å²) in [5, 5.41) is 10.0. The molecule has 2 aromatic rings. The lowest BCUT2D eigenvalue weighted by Crippen LogP contribution is -2.00. The van der Waals surface area contributed by atoms with Crippen LogP contribution in [0.25, 0.3) is 0 Å². The lowest BCUT2D eigenvalue weighted by molar-refractivity contribution is 0.218.